The Hall–Kier alpha value is -1.10. The lowest BCUT2D eigenvalue weighted by molar-refractivity contribution is -0.140. The van der Waals surface area contributed by atoms with Crippen LogP contribution in [0.15, 0.2) is 0 Å². The summed E-state index contributed by atoms with van der Waals surface area (Å²) in [6.45, 7) is 3.43. The molecule has 5 nitrogen and oxygen atoms in total. The van der Waals surface area contributed by atoms with Crippen molar-refractivity contribution in [3.63, 3.8) is 0 Å². The first kappa shape index (κ1) is 15.0. The zero-order valence-corrected chi connectivity index (χ0v) is 11.2. The van der Waals surface area contributed by atoms with Gasteiger partial charge in [-0.15, -0.1) is 0 Å². The van der Waals surface area contributed by atoms with Gasteiger partial charge in [-0.25, -0.2) is 0 Å². The van der Waals surface area contributed by atoms with Gasteiger partial charge in [0.1, 0.15) is 0 Å². The number of aliphatic carboxylic acids is 1. The van der Waals surface area contributed by atoms with Gasteiger partial charge in [0.05, 0.1) is 12.0 Å². The highest BCUT2D eigenvalue weighted by Gasteiger charge is 2.38. The van der Waals surface area contributed by atoms with Crippen LogP contribution >= 0.6 is 0 Å². The van der Waals surface area contributed by atoms with Crippen LogP contribution in [0.5, 0.6) is 0 Å². The van der Waals surface area contributed by atoms with Crippen molar-refractivity contribution in [1.82, 2.24) is 5.32 Å². The van der Waals surface area contributed by atoms with E-state index in [2.05, 4.69) is 5.32 Å². The highest BCUT2D eigenvalue weighted by Crippen LogP contribution is 2.43. The van der Waals surface area contributed by atoms with Crippen molar-refractivity contribution in [2.45, 2.75) is 58.0 Å². The molecule has 18 heavy (non-hydrogen) atoms. The van der Waals surface area contributed by atoms with Gasteiger partial charge in [0.2, 0.25) is 5.91 Å². The molecule has 104 valence electrons. The van der Waals surface area contributed by atoms with Crippen LogP contribution < -0.4 is 5.32 Å². The van der Waals surface area contributed by atoms with Crippen LogP contribution in [0.2, 0.25) is 0 Å². The largest absolute Gasteiger partial charge is 0.481 e. The summed E-state index contributed by atoms with van der Waals surface area (Å²) in [5.41, 5.74) is -1.32. The Morgan fingerprint density at radius 1 is 1.22 bits per heavy atom. The minimum Gasteiger partial charge on any atom is -0.481 e. The van der Waals surface area contributed by atoms with Crippen molar-refractivity contribution in [3.8, 4) is 0 Å². The summed E-state index contributed by atoms with van der Waals surface area (Å²) in [6.07, 6.45) is 3.89. The summed E-state index contributed by atoms with van der Waals surface area (Å²) < 4.78 is 0. The van der Waals surface area contributed by atoms with Gasteiger partial charge < -0.3 is 15.5 Å². The van der Waals surface area contributed by atoms with Crippen LogP contribution in [0.3, 0.4) is 0 Å². The third-order valence-electron chi connectivity index (χ3n) is 3.44. The topological polar surface area (TPSA) is 86.6 Å². The van der Waals surface area contributed by atoms with E-state index in [1.54, 1.807) is 13.8 Å². The molecule has 0 aromatic carbocycles. The molecular formula is C13H23NO4. The average molecular weight is 257 g/mol. The first-order valence-corrected chi connectivity index (χ1v) is 6.43. The van der Waals surface area contributed by atoms with E-state index in [0.717, 1.165) is 25.7 Å². The highest BCUT2D eigenvalue weighted by atomic mass is 16.4. The van der Waals surface area contributed by atoms with Crippen molar-refractivity contribution in [1.29, 1.82) is 0 Å². The molecule has 0 atom stereocenters. The molecule has 0 bridgehead atoms. The molecule has 0 spiro atoms. The van der Waals surface area contributed by atoms with Crippen molar-refractivity contribution in [2.75, 3.05) is 6.54 Å². The number of hydrogen-bond acceptors (Lipinski definition) is 3. The number of amides is 1. The second kappa shape index (κ2) is 5.69. The van der Waals surface area contributed by atoms with E-state index in [1.165, 1.54) is 0 Å². The quantitative estimate of drug-likeness (QED) is 0.669. The van der Waals surface area contributed by atoms with E-state index in [-0.39, 0.29) is 30.7 Å². The fourth-order valence-electron chi connectivity index (χ4n) is 2.58. The highest BCUT2D eigenvalue weighted by molar-refractivity contribution is 5.78. The second-order valence-corrected chi connectivity index (χ2v) is 6.04. The molecule has 3 N–H and O–H groups in total. The minimum absolute atomic E-state index is 0.0585. The van der Waals surface area contributed by atoms with Gasteiger partial charge in [-0.1, -0.05) is 12.8 Å². The molecule has 0 radical (unpaired) electrons. The van der Waals surface area contributed by atoms with E-state index in [9.17, 15) is 14.7 Å². The van der Waals surface area contributed by atoms with E-state index in [1.807, 2.05) is 0 Å². The number of carboxylic acids is 1. The molecule has 1 saturated carbocycles. The van der Waals surface area contributed by atoms with Crippen LogP contribution in [0, 0.1) is 5.41 Å². The maximum absolute atomic E-state index is 11.8. The Balaban J connectivity index is 2.51. The number of carbonyl (C=O) groups is 2. The summed E-state index contributed by atoms with van der Waals surface area (Å²) in [7, 11) is 0. The van der Waals surface area contributed by atoms with Gasteiger partial charge in [0.25, 0.3) is 0 Å². The number of hydrogen-bond donors (Lipinski definition) is 3. The van der Waals surface area contributed by atoms with Crippen molar-refractivity contribution >= 4 is 11.9 Å². The van der Waals surface area contributed by atoms with Crippen LogP contribution in [0.25, 0.3) is 0 Å². The first-order chi connectivity index (χ1) is 8.22. The monoisotopic (exact) mass is 257 g/mol. The van der Waals surface area contributed by atoms with Crippen LogP contribution in [0.1, 0.15) is 52.4 Å². The van der Waals surface area contributed by atoms with Crippen LogP contribution in [-0.4, -0.2) is 34.2 Å². The molecule has 1 fully saturated rings. The smallest absolute Gasteiger partial charge is 0.303 e. The van der Waals surface area contributed by atoms with E-state index in [4.69, 9.17) is 5.11 Å². The molecule has 0 aromatic rings. The normalized spacial score (nSPS) is 18.6. The summed E-state index contributed by atoms with van der Waals surface area (Å²) in [4.78, 5) is 22.7. The minimum atomic E-state index is -0.939. The number of carboxylic acid groups (broad SMARTS) is 1. The van der Waals surface area contributed by atoms with Gasteiger partial charge in [-0.3, -0.25) is 9.59 Å². The average Bonchev–Trinajstić information content (AvgIpc) is 2.61. The SMILES string of the molecule is CC(C)(O)CNC(=O)CC1(CC(=O)O)CCCC1. The third-order valence-corrected chi connectivity index (χ3v) is 3.44. The van der Waals surface area contributed by atoms with Gasteiger partial charge in [-0.2, -0.15) is 0 Å². The van der Waals surface area contributed by atoms with Gasteiger partial charge >= 0.3 is 5.97 Å². The predicted octanol–water partition coefficient (Wildman–Crippen LogP) is 1.30. The van der Waals surface area contributed by atoms with Crippen molar-refractivity contribution in [3.05, 3.63) is 0 Å². The molecule has 1 rings (SSSR count). The Labute approximate surface area is 108 Å². The lowest BCUT2D eigenvalue weighted by atomic mass is 9.79. The summed E-state index contributed by atoms with van der Waals surface area (Å²) in [6, 6.07) is 0. The lowest BCUT2D eigenvalue weighted by Crippen LogP contribution is -2.40. The molecule has 0 heterocycles. The fraction of sp³-hybridized carbons (Fsp3) is 0.846. The molecule has 1 aliphatic rings. The predicted molar refractivity (Wildman–Crippen MR) is 67.1 cm³/mol. The maximum atomic E-state index is 11.8. The lowest BCUT2D eigenvalue weighted by Gasteiger charge is -2.27. The molecule has 0 aromatic heterocycles. The van der Waals surface area contributed by atoms with E-state index >= 15 is 0 Å². The Morgan fingerprint density at radius 3 is 2.22 bits per heavy atom. The fourth-order valence-corrected chi connectivity index (χ4v) is 2.58. The molecule has 0 unspecified atom stereocenters. The second-order valence-electron chi connectivity index (χ2n) is 6.04. The standard InChI is InChI=1S/C13H23NO4/c1-12(2,18)9-14-10(15)7-13(8-11(16)17)5-3-4-6-13/h18H,3-9H2,1-2H3,(H,14,15)(H,16,17). The Bertz CT molecular complexity index is 313. The van der Waals surface area contributed by atoms with Crippen LogP contribution in [0.4, 0.5) is 0 Å². The van der Waals surface area contributed by atoms with Crippen LogP contribution in [-0.2, 0) is 9.59 Å². The maximum Gasteiger partial charge on any atom is 0.303 e. The number of aliphatic hydroxyl groups is 1. The van der Waals surface area contributed by atoms with E-state index in [0.29, 0.717) is 0 Å². The Kier molecular flexibility index (Phi) is 4.73. The molecule has 5 heteroatoms. The molecule has 1 aliphatic carbocycles. The zero-order valence-electron chi connectivity index (χ0n) is 11.2. The molecular weight excluding hydrogens is 234 g/mol. The summed E-state index contributed by atoms with van der Waals surface area (Å²) in [5, 5.41) is 21.1. The zero-order chi connectivity index (χ0) is 13.8. The van der Waals surface area contributed by atoms with Gasteiger partial charge in [0, 0.05) is 13.0 Å². The number of carbonyl (C=O) groups excluding carboxylic acids is 1. The molecule has 0 saturated heterocycles. The van der Waals surface area contributed by atoms with Gasteiger partial charge in [-0.05, 0) is 32.1 Å². The molecule has 1 amide bonds. The number of rotatable bonds is 6. The third kappa shape index (κ3) is 5.04. The number of nitrogens with one attached hydrogen (secondary N) is 1. The van der Waals surface area contributed by atoms with Gasteiger partial charge in [0.15, 0.2) is 0 Å². The Morgan fingerprint density at radius 2 is 1.78 bits per heavy atom. The molecule has 0 aliphatic heterocycles. The van der Waals surface area contributed by atoms with E-state index < -0.39 is 11.6 Å². The summed E-state index contributed by atoms with van der Waals surface area (Å²) >= 11 is 0. The van der Waals surface area contributed by atoms with Crippen molar-refractivity contribution in [2.24, 2.45) is 5.41 Å². The van der Waals surface area contributed by atoms with Crippen molar-refractivity contribution < 1.29 is 19.8 Å². The summed E-state index contributed by atoms with van der Waals surface area (Å²) in [5.74, 6) is -1.01. The first-order valence-electron chi connectivity index (χ1n) is 6.43.